The van der Waals surface area contributed by atoms with Crippen molar-refractivity contribution in [3.8, 4) is 0 Å². The molecule has 0 aliphatic rings. The Morgan fingerprint density at radius 2 is 1.90 bits per heavy atom. The van der Waals surface area contributed by atoms with Gasteiger partial charge in [0.15, 0.2) is 5.78 Å². The molecule has 1 N–H and O–H groups in total. The van der Waals surface area contributed by atoms with Gasteiger partial charge in [-0.25, -0.2) is 13.1 Å². The summed E-state index contributed by atoms with van der Waals surface area (Å²) in [7, 11) is -3.60. The number of ketones is 1. The van der Waals surface area contributed by atoms with Crippen molar-refractivity contribution in [3.05, 3.63) is 59.9 Å². The van der Waals surface area contributed by atoms with Crippen LogP contribution in [0.3, 0.4) is 0 Å². The van der Waals surface area contributed by atoms with Gasteiger partial charge in [0.2, 0.25) is 10.0 Å². The molecule has 0 fully saturated rings. The molecule has 0 spiro atoms. The first-order chi connectivity index (χ1) is 9.99. The van der Waals surface area contributed by atoms with Crippen molar-refractivity contribution in [2.45, 2.75) is 18.2 Å². The molecular weight excluding hydrogens is 288 g/mol. The van der Waals surface area contributed by atoms with E-state index in [0.717, 1.165) is 5.56 Å². The zero-order valence-electron chi connectivity index (χ0n) is 11.6. The highest BCUT2D eigenvalue weighted by atomic mass is 32.2. The van der Waals surface area contributed by atoms with Gasteiger partial charge in [0, 0.05) is 24.5 Å². The molecule has 0 atom stereocenters. The summed E-state index contributed by atoms with van der Waals surface area (Å²) in [5.74, 6) is -0.163. The van der Waals surface area contributed by atoms with Crippen LogP contribution in [0.4, 0.5) is 0 Å². The summed E-state index contributed by atoms with van der Waals surface area (Å²) in [4.78, 5) is 15.3. The van der Waals surface area contributed by atoms with E-state index in [1.807, 2.05) is 12.1 Å². The summed E-state index contributed by atoms with van der Waals surface area (Å²) in [5.41, 5.74) is 1.39. The lowest BCUT2D eigenvalue weighted by molar-refractivity contribution is 0.101. The molecule has 0 aliphatic heterocycles. The van der Waals surface area contributed by atoms with Gasteiger partial charge in [-0.15, -0.1) is 0 Å². The molecule has 0 unspecified atom stereocenters. The van der Waals surface area contributed by atoms with E-state index in [2.05, 4.69) is 9.71 Å². The number of hydrogen-bond donors (Lipinski definition) is 1. The lowest BCUT2D eigenvalue weighted by atomic mass is 10.2. The van der Waals surface area contributed by atoms with Gasteiger partial charge >= 0.3 is 0 Å². The molecule has 0 saturated carbocycles. The van der Waals surface area contributed by atoms with Crippen molar-refractivity contribution >= 4 is 15.8 Å². The smallest absolute Gasteiger partial charge is 0.240 e. The van der Waals surface area contributed by atoms with Crippen LogP contribution in [0.15, 0.2) is 53.7 Å². The molecule has 0 amide bonds. The molecule has 1 aromatic heterocycles. The Labute approximate surface area is 124 Å². The number of hydrogen-bond acceptors (Lipinski definition) is 4. The summed E-state index contributed by atoms with van der Waals surface area (Å²) in [6.07, 6.45) is 3.91. The molecule has 5 nitrogen and oxygen atoms in total. The second-order valence-corrected chi connectivity index (χ2v) is 6.35. The fourth-order valence-electron chi connectivity index (χ4n) is 1.84. The normalized spacial score (nSPS) is 11.3. The van der Waals surface area contributed by atoms with Crippen LogP contribution < -0.4 is 4.72 Å². The number of carbonyl (C=O) groups is 1. The fraction of sp³-hybridized carbons (Fsp3) is 0.200. The van der Waals surface area contributed by atoms with E-state index in [0.29, 0.717) is 12.0 Å². The van der Waals surface area contributed by atoms with Crippen molar-refractivity contribution in [2.75, 3.05) is 6.54 Å². The number of pyridine rings is 1. The van der Waals surface area contributed by atoms with Crippen LogP contribution in [0.25, 0.3) is 0 Å². The largest absolute Gasteiger partial charge is 0.295 e. The molecule has 2 aromatic rings. The van der Waals surface area contributed by atoms with E-state index in [1.54, 1.807) is 24.5 Å². The first kappa shape index (κ1) is 15.3. The third-order valence-corrected chi connectivity index (χ3v) is 4.46. The quantitative estimate of drug-likeness (QED) is 0.826. The van der Waals surface area contributed by atoms with Gasteiger partial charge < -0.3 is 0 Å². The topological polar surface area (TPSA) is 76.1 Å². The van der Waals surface area contributed by atoms with Crippen LogP contribution in [0.5, 0.6) is 0 Å². The van der Waals surface area contributed by atoms with Gasteiger partial charge in [0.05, 0.1) is 4.90 Å². The van der Waals surface area contributed by atoms with Crippen LogP contribution in [0, 0.1) is 0 Å². The number of aromatic nitrogens is 1. The number of rotatable bonds is 6. The highest BCUT2D eigenvalue weighted by Gasteiger charge is 2.14. The maximum Gasteiger partial charge on any atom is 0.240 e. The number of benzene rings is 1. The summed E-state index contributed by atoms with van der Waals surface area (Å²) >= 11 is 0. The van der Waals surface area contributed by atoms with Crippen LogP contribution >= 0.6 is 0 Å². The Morgan fingerprint density at radius 1 is 1.19 bits per heavy atom. The monoisotopic (exact) mass is 304 g/mol. The van der Waals surface area contributed by atoms with E-state index in [1.165, 1.54) is 19.1 Å². The Bertz CT molecular complexity index is 728. The van der Waals surface area contributed by atoms with E-state index >= 15 is 0 Å². The van der Waals surface area contributed by atoms with Crippen LogP contribution in [0.1, 0.15) is 22.8 Å². The standard InChI is InChI=1S/C15H16N2O3S/c1-12(18)14-3-2-4-15(11-14)21(19,20)17-10-7-13-5-8-16-9-6-13/h2-6,8-9,11,17H,7,10H2,1H3. The van der Waals surface area contributed by atoms with Crippen LogP contribution in [-0.2, 0) is 16.4 Å². The minimum Gasteiger partial charge on any atom is -0.295 e. The SMILES string of the molecule is CC(=O)c1cccc(S(=O)(=O)NCCc2ccncc2)c1. The van der Waals surface area contributed by atoms with E-state index in [9.17, 15) is 13.2 Å². The molecule has 1 aromatic carbocycles. The second-order valence-electron chi connectivity index (χ2n) is 4.59. The van der Waals surface area contributed by atoms with E-state index in [4.69, 9.17) is 0 Å². The molecule has 1 heterocycles. The third-order valence-electron chi connectivity index (χ3n) is 3.01. The summed E-state index contributed by atoms with van der Waals surface area (Å²) in [6, 6.07) is 9.69. The maximum absolute atomic E-state index is 12.2. The Balaban J connectivity index is 2.05. The molecule has 0 bridgehead atoms. The van der Waals surface area contributed by atoms with Crippen molar-refractivity contribution in [3.63, 3.8) is 0 Å². The summed E-state index contributed by atoms with van der Waals surface area (Å²) in [5, 5.41) is 0. The highest BCUT2D eigenvalue weighted by molar-refractivity contribution is 7.89. The first-order valence-corrected chi connectivity index (χ1v) is 7.97. The third kappa shape index (κ3) is 4.21. The Kier molecular flexibility index (Phi) is 4.82. The van der Waals surface area contributed by atoms with Crippen molar-refractivity contribution < 1.29 is 13.2 Å². The molecule has 21 heavy (non-hydrogen) atoms. The summed E-state index contributed by atoms with van der Waals surface area (Å²) < 4.78 is 26.9. The van der Waals surface area contributed by atoms with Crippen molar-refractivity contribution in [1.29, 1.82) is 0 Å². The molecule has 0 radical (unpaired) electrons. The first-order valence-electron chi connectivity index (χ1n) is 6.48. The highest BCUT2D eigenvalue weighted by Crippen LogP contribution is 2.12. The minimum atomic E-state index is -3.60. The van der Waals surface area contributed by atoms with E-state index in [-0.39, 0.29) is 17.2 Å². The van der Waals surface area contributed by atoms with E-state index < -0.39 is 10.0 Å². The average Bonchev–Trinajstić information content (AvgIpc) is 2.48. The van der Waals surface area contributed by atoms with Gasteiger partial charge in [0.25, 0.3) is 0 Å². The fourth-order valence-corrected chi connectivity index (χ4v) is 2.92. The lowest BCUT2D eigenvalue weighted by Gasteiger charge is -2.07. The van der Waals surface area contributed by atoms with Crippen molar-refractivity contribution in [1.82, 2.24) is 9.71 Å². The number of nitrogens with one attached hydrogen (secondary N) is 1. The van der Waals surface area contributed by atoms with Crippen LogP contribution in [0.2, 0.25) is 0 Å². The average molecular weight is 304 g/mol. The summed E-state index contributed by atoms with van der Waals surface area (Å²) in [6.45, 7) is 1.69. The second kappa shape index (κ2) is 6.60. The predicted octanol–water partition coefficient (Wildman–Crippen LogP) is 1.81. The molecular formula is C15H16N2O3S. The minimum absolute atomic E-state index is 0.102. The van der Waals surface area contributed by atoms with Gasteiger partial charge in [0.1, 0.15) is 0 Å². The zero-order valence-corrected chi connectivity index (χ0v) is 12.4. The zero-order chi connectivity index (χ0) is 15.3. The molecule has 2 rings (SSSR count). The molecule has 0 saturated heterocycles. The Morgan fingerprint density at radius 3 is 2.57 bits per heavy atom. The molecule has 0 aliphatic carbocycles. The van der Waals surface area contributed by atoms with Gasteiger partial charge in [-0.05, 0) is 43.2 Å². The Hall–Kier alpha value is -2.05. The van der Waals surface area contributed by atoms with Gasteiger partial charge in [-0.1, -0.05) is 12.1 Å². The number of Topliss-reactive ketones (excluding diaryl/α,β-unsaturated/α-hetero) is 1. The predicted molar refractivity (Wildman–Crippen MR) is 79.6 cm³/mol. The number of carbonyl (C=O) groups excluding carboxylic acids is 1. The maximum atomic E-state index is 12.2. The van der Waals surface area contributed by atoms with Gasteiger partial charge in [-0.3, -0.25) is 9.78 Å². The number of sulfonamides is 1. The van der Waals surface area contributed by atoms with Crippen LogP contribution in [-0.4, -0.2) is 25.7 Å². The molecule has 6 heteroatoms. The number of nitrogens with zero attached hydrogens (tertiary/aromatic N) is 1. The lowest BCUT2D eigenvalue weighted by Crippen LogP contribution is -2.26. The van der Waals surface area contributed by atoms with Crippen molar-refractivity contribution in [2.24, 2.45) is 0 Å². The van der Waals surface area contributed by atoms with Gasteiger partial charge in [-0.2, -0.15) is 0 Å². The molecule has 110 valence electrons.